The van der Waals surface area contributed by atoms with Gasteiger partial charge in [-0.3, -0.25) is 9.59 Å². The highest BCUT2D eigenvalue weighted by Crippen LogP contribution is 2.49. The summed E-state index contributed by atoms with van der Waals surface area (Å²) in [6, 6.07) is 3.50. The summed E-state index contributed by atoms with van der Waals surface area (Å²) in [5.74, 6) is -5.77. The van der Waals surface area contributed by atoms with Gasteiger partial charge in [-0.1, -0.05) is 11.2 Å². The van der Waals surface area contributed by atoms with Gasteiger partial charge in [0.25, 0.3) is 5.91 Å². The molecule has 4 aliphatic rings. The highest BCUT2D eigenvalue weighted by Gasteiger charge is 2.57. The summed E-state index contributed by atoms with van der Waals surface area (Å²) in [5.41, 5.74) is 0.392. The van der Waals surface area contributed by atoms with E-state index < -0.39 is 60.1 Å². The van der Waals surface area contributed by atoms with Crippen molar-refractivity contribution in [3.05, 3.63) is 40.7 Å². The molecule has 42 heavy (non-hydrogen) atoms. The molecule has 4 amide bonds. The number of alkyl halides is 2. The van der Waals surface area contributed by atoms with Crippen LogP contribution >= 0.6 is 0 Å². The first kappa shape index (κ1) is 28.0. The number of urea groups is 1. The predicted molar refractivity (Wildman–Crippen MR) is 142 cm³/mol. The summed E-state index contributed by atoms with van der Waals surface area (Å²) in [4.78, 5) is 53.4. The van der Waals surface area contributed by atoms with Crippen LogP contribution in [0, 0.1) is 18.3 Å². The van der Waals surface area contributed by atoms with E-state index in [1.807, 2.05) is 0 Å². The Hall–Kier alpha value is -4.10. The third kappa shape index (κ3) is 5.07. The molecular formula is C28H32F2N6O6. The molecule has 2 atom stereocenters. The number of fused-ring (bicyclic) bond motifs is 1. The third-order valence-electron chi connectivity index (χ3n) is 9.33. The van der Waals surface area contributed by atoms with Crippen LogP contribution in [0.3, 0.4) is 0 Å². The van der Waals surface area contributed by atoms with Gasteiger partial charge < -0.3 is 26.0 Å². The molecule has 6 rings (SSSR count). The minimum absolute atomic E-state index is 0.0339. The highest BCUT2D eigenvalue weighted by atomic mass is 19.3. The van der Waals surface area contributed by atoms with Crippen molar-refractivity contribution in [2.45, 2.75) is 75.8 Å². The molecule has 3 aliphatic carbocycles. The van der Waals surface area contributed by atoms with Gasteiger partial charge in [-0.15, -0.1) is 0 Å². The van der Waals surface area contributed by atoms with E-state index in [1.165, 1.54) is 11.8 Å². The van der Waals surface area contributed by atoms with E-state index in [0.717, 1.165) is 18.4 Å². The largest absolute Gasteiger partial charge is 0.479 e. The van der Waals surface area contributed by atoms with E-state index in [-0.39, 0.29) is 42.5 Å². The third-order valence-corrected chi connectivity index (χ3v) is 9.33. The second-order valence-electron chi connectivity index (χ2n) is 12.3. The average molecular weight is 587 g/mol. The normalized spacial score (nSPS) is 24.9. The molecule has 1 saturated heterocycles. The van der Waals surface area contributed by atoms with Crippen molar-refractivity contribution in [1.82, 2.24) is 25.8 Å². The van der Waals surface area contributed by atoms with Crippen LogP contribution in [0.2, 0.25) is 0 Å². The van der Waals surface area contributed by atoms with Crippen molar-refractivity contribution < 1.29 is 37.7 Å². The number of hydrogen-bond donors (Lipinski definition) is 4. The lowest BCUT2D eigenvalue weighted by Gasteiger charge is -2.43. The number of carboxylic acid groups (broad SMARTS) is 1. The van der Waals surface area contributed by atoms with E-state index >= 15 is 0 Å². The topological polar surface area (TPSA) is 167 Å². The van der Waals surface area contributed by atoms with Crippen LogP contribution in [0.25, 0.3) is 0 Å². The molecule has 1 unspecified atom stereocenters. The minimum atomic E-state index is -2.82. The number of benzene rings is 1. The summed E-state index contributed by atoms with van der Waals surface area (Å²) in [6.45, 7) is 2.44. The van der Waals surface area contributed by atoms with Gasteiger partial charge in [0, 0.05) is 49.9 Å². The Morgan fingerprint density at radius 2 is 1.83 bits per heavy atom. The summed E-state index contributed by atoms with van der Waals surface area (Å²) >= 11 is 0. The number of aromatic nitrogens is 2. The van der Waals surface area contributed by atoms with Gasteiger partial charge in [-0.05, 0) is 66.9 Å². The number of aliphatic carboxylic acids is 1. The fraction of sp³-hybridized carbons (Fsp3) is 0.571. The highest BCUT2D eigenvalue weighted by molar-refractivity contribution is 6.01. The van der Waals surface area contributed by atoms with Gasteiger partial charge in [0.2, 0.25) is 11.8 Å². The van der Waals surface area contributed by atoms with E-state index in [2.05, 4.69) is 30.9 Å². The lowest BCUT2D eigenvalue weighted by atomic mass is 9.81. The number of nitrogens with zero attached hydrogens (tertiary/aromatic N) is 3. The molecule has 1 aromatic carbocycles. The number of carboxylic acids is 1. The first-order chi connectivity index (χ1) is 19.9. The standard InChI is InChI=1S/C28H32F2N6O6/c1-15-20(35-42-34-15)22(37)33-21(16-4-6-28(29,30)7-5-16)23(38)32-19-3-2-17-11-27(24(39)40,12-18(17)10-19)36-14-26(8-9-26)13-31-25(36)41/h2-3,10,16,21H,4-9,11-14H2,1H3,(H,31,41)(H,32,38)(H,33,37)(H,39,40)/t21-,27?/m0/s1. The SMILES string of the molecule is Cc1nonc1C(=O)N[C@H](C(=O)Nc1ccc2c(c1)CC(C(=O)O)(N1CC3(CC3)CNC1=O)C2)C1CCC(F)(F)CC1. The molecule has 2 heterocycles. The van der Waals surface area contributed by atoms with Crippen LogP contribution in [-0.4, -0.2) is 74.7 Å². The number of anilines is 1. The van der Waals surface area contributed by atoms with Crippen molar-refractivity contribution in [3.63, 3.8) is 0 Å². The van der Waals surface area contributed by atoms with Crippen molar-refractivity contribution in [2.24, 2.45) is 11.3 Å². The molecule has 1 spiro atoms. The average Bonchev–Trinajstić information content (AvgIpc) is 3.35. The van der Waals surface area contributed by atoms with Crippen LogP contribution in [0.4, 0.5) is 19.3 Å². The molecular weight excluding hydrogens is 554 g/mol. The van der Waals surface area contributed by atoms with Crippen LogP contribution < -0.4 is 16.0 Å². The van der Waals surface area contributed by atoms with E-state index in [0.29, 0.717) is 24.3 Å². The van der Waals surface area contributed by atoms with Crippen molar-refractivity contribution >= 4 is 29.5 Å². The zero-order valence-corrected chi connectivity index (χ0v) is 23.0. The molecule has 2 aromatic rings. The second kappa shape index (κ2) is 10.0. The minimum Gasteiger partial charge on any atom is -0.479 e. The number of amides is 4. The first-order valence-electron chi connectivity index (χ1n) is 14.1. The van der Waals surface area contributed by atoms with Gasteiger partial charge in [0.1, 0.15) is 17.3 Å². The zero-order valence-electron chi connectivity index (χ0n) is 23.0. The summed E-state index contributed by atoms with van der Waals surface area (Å²) in [7, 11) is 0. The molecule has 12 nitrogen and oxygen atoms in total. The molecule has 3 fully saturated rings. The molecule has 14 heteroatoms. The quantitative estimate of drug-likeness (QED) is 0.384. The monoisotopic (exact) mass is 586 g/mol. The Morgan fingerprint density at radius 1 is 1.12 bits per heavy atom. The Balaban J connectivity index is 1.21. The molecule has 4 N–H and O–H groups in total. The molecule has 1 aliphatic heterocycles. The first-order valence-corrected chi connectivity index (χ1v) is 14.1. The maximum Gasteiger partial charge on any atom is 0.330 e. The predicted octanol–water partition coefficient (Wildman–Crippen LogP) is 2.67. The molecule has 1 aromatic heterocycles. The van der Waals surface area contributed by atoms with Crippen molar-refractivity contribution in [1.29, 1.82) is 0 Å². The van der Waals surface area contributed by atoms with Gasteiger partial charge in [-0.2, -0.15) is 0 Å². The smallest absolute Gasteiger partial charge is 0.330 e. The number of rotatable bonds is 7. The van der Waals surface area contributed by atoms with Crippen molar-refractivity contribution in [2.75, 3.05) is 18.4 Å². The summed E-state index contributed by atoms with van der Waals surface area (Å²) in [5, 5.41) is 25.8. The molecule has 224 valence electrons. The Kier molecular flexibility index (Phi) is 6.69. The maximum atomic E-state index is 13.9. The fourth-order valence-electron chi connectivity index (χ4n) is 6.53. The number of carbonyl (C=O) groups is 4. The Labute approximate surface area is 239 Å². The van der Waals surface area contributed by atoms with Gasteiger partial charge in [0.05, 0.1) is 0 Å². The maximum absolute atomic E-state index is 13.9. The lowest BCUT2D eigenvalue weighted by Crippen LogP contribution is -2.65. The Bertz CT molecular complexity index is 1450. The number of nitrogens with one attached hydrogen (secondary N) is 3. The fourth-order valence-corrected chi connectivity index (χ4v) is 6.53. The van der Waals surface area contributed by atoms with E-state index in [9.17, 15) is 33.1 Å². The summed E-state index contributed by atoms with van der Waals surface area (Å²) in [6.07, 6.45) is 1.35. The number of carbonyl (C=O) groups excluding carboxylic acids is 3. The second-order valence-corrected chi connectivity index (χ2v) is 12.3. The number of aryl methyl sites for hydroxylation is 1. The van der Waals surface area contributed by atoms with Gasteiger partial charge in [-0.25, -0.2) is 23.0 Å². The lowest BCUT2D eigenvalue weighted by molar-refractivity contribution is -0.150. The van der Waals surface area contributed by atoms with Crippen molar-refractivity contribution in [3.8, 4) is 0 Å². The molecule has 0 bridgehead atoms. The van der Waals surface area contributed by atoms with Gasteiger partial charge in [0.15, 0.2) is 5.69 Å². The van der Waals surface area contributed by atoms with Crippen LogP contribution in [-0.2, 0) is 22.4 Å². The Morgan fingerprint density at radius 3 is 2.48 bits per heavy atom. The number of halogens is 2. The molecule has 2 saturated carbocycles. The number of hydrogen-bond acceptors (Lipinski definition) is 7. The van der Waals surface area contributed by atoms with Gasteiger partial charge >= 0.3 is 12.0 Å². The van der Waals surface area contributed by atoms with Crippen LogP contribution in [0.1, 0.15) is 65.8 Å². The van der Waals surface area contributed by atoms with Crippen LogP contribution in [0.5, 0.6) is 0 Å². The van der Waals surface area contributed by atoms with E-state index in [4.69, 9.17) is 0 Å². The van der Waals surface area contributed by atoms with Crippen LogP contribution in [0.15, 0.2) is 22.8 Å². The summed E-state index contributed by atoms with van der Waals surface area (Å²) < 4.78 is 32.4. The molecule has 0 radical (unpaired) electrons. The zero-order chi connectivity index (χ0) is 29.9. The van der Waals surface area contributed by atoms with E-state index in [1.54, 1.807) is 18.2 Å².